The molecule has 0 aromatic carbocycles. The molecule has 7 nitrogen and oxygen atoms in total. The Morgan fingerprint density at radius 3 is 2.75 bits per heavy atom. The third-order valence-corrected chi connectivity index (χ3v) is 5.05. The molecule has 1 saturated heterocycles. The minimum Gasteiger partial charge on any atom is -0.475 e. The zero-order valence-corrected chi connectivity index (χ0v) is 15.9. The van der Waals surface area contributed by atoms with Gasteiger partial charge in [-0.3, -0.25) is 9.20 Å². The zero-order chi connectivity index (χ0) is 19.7. The largest absolute Gasteiger partial charge is 0.475 e. The minimum atomic E-state index is -0.496. The number of fused-ring (bicyclic) bond motifs is 1. The van der Waals surface area contributed by atoms with Crippen LogP contribution in [0.4, 0.5) is 10.2 Å². The van der Waals surface area contributed by atoms with Gasteiger partial charge >= 0.3 is 0 Å². The number of hydrogen-bond donors (Lipinski definition) is 0. The highest BCUT2D eigenvalue weighted by Gasteiger charge is 2.22. The lowest BCUT2D eigenvalue weighted by atomic mass is 9.98. The summed E-state index contributed by atoms with van der Waals surface area (Å²) in [4.78, 5) is 27.0. The van der Waals surface area contributed by atoms with Crippen molar-refractivity contribution in [2.75, 3.05) is 24.6 Å². The van der Waals surface area contributed by atoms with Gasteiger partial charge in [0.05, 0.1) is 12.3 Å². The molecule has 1 fully saturated rings. The first-order valence-electron chi connectivity index (χ1n) is 9.38. The van der Waals surface area contributed by atoms with E-state index in [0.717, 1.165) is 25.9 Å². The van der Waals surface area contributed by atoms with E-state index in [1.807, 2.05) is 18.2 Å². The molecule has 0 bridgehead atoms. The number of ether oxygens (including phenoxy) is 1. The van der Waals surface area contributed by atoms with E-state index in [2.05, 4.69) is 19.9 Å². The van der Waals surface area contributed by atoms with Crippen molar-refractivity contribution in [3.63, 3.8) is 0 Å². The normalized spacial score (nSPS) is 15.2. The Morgan fingerprint density at radius 2 is 1.96 bits per heavy atom. The second-order valence-electron chi connectivity index (χ2n) is 7.10. The van der Waals surface area contributed by atoms with Crippen molar-refractivity contribution in [1.29, 1.82) is 0 Å². The molecule has 0 atom stereocenters. The Morgan fingerprint density at radius 1 is 1.18 bits per heavy atom. The predicted octanol–water partition coefficient (Wildman–Crippen LogP) is 2.54. The molecule has 3 aromatic rings. The Hall–Kier alpha value is -3.03. The quantitative estimate of drug-likeness (QED) is 0.689. The molecule has 8 heteroatoms. The molecule has 0 amide bonds. The summed E-state index contributed by atoms with van der Waals surface area (Å²) >= 11 is 0. The first kappa shape index (κ1) is 18.3. The fourth-order valence-corrected chi connectivity index (χ4v) is 3.49. The maximum absolute atomic E-state index is 14.1. The van der Waals surface area contributed by atoms with E-state index < -0.39 is 5.82 Å². The highest BCUT2D eigenvalue weighted by atomic mass is 19.1. The van der Waals surface area contributed by atoms with E-state index in [1.165, 1.54) is 4.40 Å². The lowest BCUT2D eigenvalue weighted by Crippen LogP contribution is -2.37. The highest BCUT2D eigenvalue weighted by molar-refractivity contribution is 5.48. The molecule has 0 radical (unpaired) electrons. The maximum Gasteiger partial charge on any atom is 0.259 e. The third-order valence-electron chi connectivity index (χ3n) is 5.05. The van der Waals surface area contributed by atoms with Crippen LogP contribution in [0.15, 0.2) is 35.3 Å². The SMILES string of the molecule is Cc1nc(C)c(F)c(OCC2CCN(c3cc(=O)n4ccccc4n3)CC2)n1. The van der Waals surface area contributed by atoms with Gasteiger partial charge < -0.3 is 9.64 Å². The first-order valence-corrected chi connectivity index (χ1v) is 9.38. The number of halogens is 1. The van der Waals surface area contributed by atoms with E-state index in [-0.39, 0.29) is 11.4 Å². The fourth-order valence-electron chi connectivity index (χ4n) is 3.49. The number of piperidine rings is 1. The topological polar surface area (TPSA) is 72.6 Å². The van der Waals surface area contributed by atoms with Crippen LogP contribution in [-0.4, -0.2) is 39.0 Å². The van der Waals surface area contributed by atoms with Crippen LogP contribution in [0, 0.1) is 25.6 Å². The van der Waals surface area contributed by atoms with Crippen molar-refractivity contribution in [3.05, 3.63) is 58.2 Å². The zero-order valence-electron chi connectivity index (χ0n) is 15.9. The Bertz CT molecular complexity index is 1060. The lowest BCUT2D eigenvalue weighted by Gasteiger charge is -2.32. The van der Waals surface area contributed by atoms with E-state index in [1.54, 1.807) is 26.1 Å². The van der Waals surface area contributed by atoms with Crippen LogP contribution in [0.3, 0.4) is 0 Å². The molecule has 0 N–H and O–H groups in total. The van der Waals surface area contributed by atoms with Crippen molar-refractivity contribution < 1.29 is 9.13 Å². The van der Waals surface area contributed by atoms with E-state index in [4.69, 9.17) is 4.74 Å². The van der Waals surface area contributed by atoms with Crippen LogP contribution in [-0.2, 0) is 0 Å². The molecular formula is C20H22FN5O2. The molecule has 1 aliphatic rings. The van der Waals surface area contributed by atoms with Gasteiger partial charge in [-0.2, -0.15) is 9.37 Å². The third kappa shape index (κ3) is 3.67. The molecular weight excluding hydrogens is 361 g/mol. The average molecular weight is 383 g/mol. The number of aryl methyl sites for hydroxylation is 2. The second kappa shape index (κ2) is 7.53. The van der Waals surface area contributed by atoms with Crippen molar-refractivity contribution in [1.82, 2.24) is 19.4 Å². The van der Waals surface area contributed by atoms with Gasteiger partial charge in [0.2, 0.25) is 5.82 Å². The van der Waals surface area contributed by atoms with Crippen LogP contribution in [0.25, 0.3) is 5.65 Å². The summed E-state index contributed by atoms with van der Waals surface area (Å²) < 4.78 is 21.3. The molecule has 146 valence electrons. The van der Waals surface area contributed by atoms with Crippen LogP contribution in [0.5, 0.6) is 5.88 Å². The second-order valence-corrected chi connectivity index (χ2v) is 7.10. The van der Waals surface area contributed by atoms with Gasteiger partial charge in [0, 0.05) is 25.4 Å². The number of hydrogen-bond acceptors (Lipinski definition) is 6. The summed E-state index contributed by atoms with van der Waals surface area (Å²) in [5.74, 6) is 1.02. The molecule has 0 saturated carbocycles. The van der Waals surface area contributed by atoms with Gasteiger partial charge in [0.25, 0.3) is 11.4 Å². The molecule has 4 heterocycles. The minimum absolute atomic E-state index is 0.0247. The van der Waals surface area contributed by atoms with E-state index in [0.29, 0.717) is 35.5 Å². The van der Waals surface area contributed by atoms with Crippen LogP contribution >= 0.6 is 0 Å². The summed E-state index contributed by atoms with van der Waals surface area (Å²) in [5.41, 5.74) is 0.849. The van der Waals surface area contributed by atoms with Crippen molar-refractivity contribution >= 4 is 11.5 Å². The van der Waals surface area contributed by atoms with Crippen molar-refractivity contribution in [3.8, 4) is 5.88 Å². The molecule has 0 unspecified atom stereocenters. The van der Waals surface area contributed by atoms with E-state index in [9.17, 15) is 9.18 Å². The molecule has 0 spiro atoms. The van der Waals surface area contributed by atoms with Crippen molar-refractivity contribution in [2.45, 2.75) is 26.7 Å². The number of aromatic nitrogens is 4. The number of pyridine rings is 1. The molecule has 28 heavy (non-hydrogen) atoms. The summed E-state index contributed by atoms with van der Waals surface area (Å²) in [7, 11) is 0. The number of rotatable bonds is 4. The van der Waals surface area contributed by atoms with Gasteiger partial charge in [-0.05, 0) is 44.7 Å². The Balaban J connectivity index is 1.39. The highest BCUT2D eigenvalue weighted by Crippen LogP contribution is 2.23. The van der Waals surface area contributed by atoms with Crippen molar-refractivity contribution in [2.24, 2.45) is 5.92 Å². The van der Waals surface area contributed by atoms with Crippen LogP contribution in [0.2, 0.25) is 0 Å². The van der Waals surface area contributed by atoms with Gasteiger partial charge in [-0.15, -0.1) is 0 Å². The summed E-state index contributed by atoms with van der Waals surface area (Å²) in [6.07, 6.45) is 3.47. The molecule has 4 rings (SSSR count). The molecule has 0 aliphatic carbocycles. The monoisotopic (exact) mass is 383 g/mol. The van der Waals surface area contributed by atoms with Crippen LogP contribution in [0.1, 0.15) is 24.4 Å². The summed E-state index contributed by atoms with van der Waals surface area (Å²) in [6, 6.07) is 7.08. The van der Waals surface area contributed by atoms with Crippen LogP contribution < -0.4 is 15.2 Å². The van der Waals surface area contributed by atoms with Gasteiger partial charge in [0.1, 0.15) is 17.3 Å². The van der Waals surface area contributed by atoms with Gasteiger partial charge in [0.15, 0.2) is 0 Å². The Labute approximate surface area is 161 Å². The number of nitrogens with zero attached hydrogens (tertiary/aromatic N) is 5. The Kier molecular flexibility index (Phi) is 4.93. The first-order chi connectivity index (χ1) is 13.5. The molecule has 1 aliphatic heterocycles. The molecule has 3 aromatic heterocycles. The fraction of sp³-hybridized carbons (Fsp3) is 0.400. The standard InChI is InChI=1S/C20H22FN5O2/c1-13-19(21)20(23-14(2)22-13)28-12-15-6-9-25(10-7-15)17-11-18(27)26-8-4-3-5-16(26)24-17/h3-5,8,11,15H,6-7,9-10,12H2,1-2H3. The van der Waals surface area contributed by atoms with Gasteiger partial charge in [-0.1, -0.05) is 6.07 Å². The summed E-state index contributed by atoms with van der Waals surface area (Å²) in [6.45, 7) is 5.28. The maximum atomic E-state index is 14.1. The predicted molar refractivity (Wildman–Crippen MR) is 103 cm³/mol. The average Bonchev–Trinajstić information content (AvgIpc) is 2.70. The van der Waals surface area contributed by atoms with Gasteiger partial charge in [-0.25, -0.2) is 9.97 Å². The smallest absolute Gasteiger partial charge is 0.259 e. The lowest BCUT2D eigenvalue weighted by molar-refractivity contribution is 0.206. The van der Waals surface area contributed by atoms with E-state index >= 15 is 0 Å². The number of anilines is 1. The summed E-state index contributed by atoms with van der Waals surface area (Å²) in [5, 5.41) is 0.